The molecule has 0 saturated carbocycles. The van der Waals surface area contributed by atoms with Gasteiger partial charge in [-0.2, -0.15) is 0 Å². The highest BCUT2D eigenvalue weighted by Crippen LogP contribution is 2.06. The van der Waals surface area contributed by atoms with Crippen molar-refractivity contribution in [2.45, 2.75) is 64.8 Å². The second-order valence-electron chi connectivity index (χ2n) is 5.74. The lowest BCUT2D eigenvalue weighted by atomic mass is 10.1. The summed E-state index contributed by atoms with van der Waals surface area (Å²) < 4.78 is 4.58. The minimum Gasteiger partial charge on any atom is -0.469 e. The van der Waals surface area contributed by atoms with E-state index < -0.39 is 0 Å². The van der Waals surface area contributed by atoms with Crippen molar-refractivity contribution in [2.75, 3.05) is 13.7 Å². The van der Waals surface area contributed by atoms with Crippen LogP contribution >= 0.6 is 24.0 Å². The standard InChI is InChI=1S/C14H29N3O2.HI/c1-14(2,3)17-13(15)16-11-9-7-5-6-8-10-12(18)19-4;/h5-11H2,1-4H3,(H3,15,16,17);1H. The third-order valence-corrected chi connectivity index (χ3v) is 2.55. The number of aliphatic imine (C=N–C) groups is 1. The van der Waals surface area contributed by atoms with E-state index in [4.69, 9.17) is 5.73 Å². The summed E-state index contributed by atoms with van der Waals surface area (Å²) in [5.74, 6) is 0.392. The van der Waals surface area contributed by atoms with Gasteiger partial charge in [-0.25, -0.2) is 0 Å². The summed E-state index contributed by atoms with van der Waals surface area (Å²) in [4.78, 5) is 15.2. The third kappa shape index (κ3) is 15.5. The predicted octanol–water partition coefficient (Wildman–Crippen LogP) is 2.82. The quantitative estimate of drug-likeness (QED) is 0.216. The van der Waals surface area contributed by atoms with Crippen LogP contribution in [0.25, 0.3) is 0 Å². The normalized spacial score (nSPS) is 11.7. The summed E-state index contributed by atoms with van der Waals surface area (Å²) >= 11 is 0. The number of hydrogen-bond donors (Lipinski definition) is 2. The molecule has 0 bridgehead atoms. The van der Waals surface area contributed by atoms with Crippen LogP contribution in [0, 0.1) is 0 Å². The molecule has 120 valence electrons. The van der Waals surface area contributed by atoms with Gasteiger partial charge in [0, 0.05) is 18.5 Å². The number of guanidine groups is 1. The van der Waals surface area contributed by atoms with E-state index in [9.17, 15) is 4.79 Å². The van der Waals surface area contributed by atoms with Gasteiger partial charge in [0.05, 0.1) is 7.11 Å². The summed E-state index contributed by atoms with van der Waals surface area (Å²) in [7, 11) is 1.43. The zero-order valence-corrected chi connectivity index (χ0v) is 15.5. The van der Waals surface area contributed by atoms with Gasteiger partial charge in [0.1, 0.15) is 0 Å². The molecule has 0 aromatic carbocycles. The molecule has 20 heavy (non-hydrogen) atoms. The van der Waals surface area contributed by atoms with Crippen molar-refractivity contribution < 1.29 is 9.53 Å². The zero-order chi connectivity index (χ0) is 14.7. The Morgan fingerprint density at radius 2 is 1.70 bits per heavy atom. The highest BCUT2D eigenvalue weighted by molar-refractivity contribution is 14.0. The molecule has 0 aliphatic rings. The molecule has 0 fully saturated rings. The van der Waals surface area contributed by atoms with Crippen molar-refractivity contribution in [1.29, 1.82) is 0 Å². The molecule has 0 heterocycles. The summed E-state index contributed by atoms with van der Waals surface area (Å²) in [5.41, 5.74) is 5.72. The maximum Gasteiger partial charge on any atom is 0.305 e. The van der Waals surface area contributed by atoms with Crippen molar-refractivity contribution in [3.63, 3.8) is 0 Å². The number of unbranched alkanes of at least 4 members (excludes halogenated alkanes) is 4. The number of esters is 1. The molecule has 5 nitrogen and oxygen atoms in total. The molecule has 0 aliphatic carbocycles. The van der Waals surface area contributed by atoms with Crippen LogP contribution in [0.1, 0.15) is 59.3 Å². The van der Waals surface area contributed by atoms with Crippen LogP contribution in [0.2, 0.25) is 0 Å². The van der Waals surface area contributed by atoms with Gasteiger partial charge in [-0.3, -0.25) is 9.79 Å². The van der Waals surface area contributed by atoms with E-state index in [1.54, 1.807) is 0 Å². The second kappa shape index (κ2) is 12.2. The van der Waals surface area contributed by atoms with E-state index in [-0.39, 0.29) is 35.5 Å². The highest BCUT2D eigenvalue weighted by Gasteiger charge is 2.09. The Hall–Kier alpha value is -0.530. The molecule has 0 unspecified atom stereocenters. The smallest absolute Gasteiger partial charge is 0.305 e. The van der Waals surface area contributed by atoms with Crippen LogP contribution in [-0.4, -0.2) is 31.1 Å². The molecule has 3 N–H and O–H groups in total. The molecule has 0 amide bonds. The van der Waals surface area contributed by atoms with Gasteiger partial charge < -0.3 is 15.8 Å². The van der Waals surface area contributed by atoms with E-state index in [2.05, 4.69) is 35.8 Å². The molecule has 0 spiro atoms. The maximum absolute atomic E-state index is 10.9. The van der Waals surface area contributed by atoms with Crippen LogP contribution < -0.4 is 11.1 Å². The van der Waals surface area contributed by atoms with Gasteiger partial charge in [0.2, 0.25) is 0 Å². The average Bonchev–Trinajstić information content (AvgIpc) is 2.29. The molecular formula is C14H30IN3O2. The van der Waals surface area contributed by atoms with Gasteiger partial charge in [0.25, 0.3) is 0 Å². The van der Waals surface area contributed by atoms with Crippen LogP contribution in [0.3, 0.4) is 0 Å². The molecule has 0 aromatic rings. The zero-order valence-electron chi connectivity index (χ0n) is 13.2. The first kappa shape index (κ1) is 21.8. The number of methoxy groups -OCH3 is 1. The summed E-state index contributed by atoms with van der Waals surface area (Å²) in [6.07, 6.45) is 5.77. The molecule has 0 aliphatic heterocycles. The third-order valence-electron chi connectivity index (χ3n) is 2.55. The molecule has 0 rings (SSSR count). The summed E-state index contributed by atoms with van der Waals surface area (Å²) in [5, 5.41) is 3.13. The summed E-state index contributed by atoms with van der Waals surface area (Å²) in [6.45, 7) is 6.91. The summed E-state index contributed by atoms with van der Waals surface area (Å²) in [6, 6.07) is 0. The monoisotopic (exact) mass is 399 g/mol. The Labute approximate surface area is 140 Å². The highest BCUT2D eigenvalue weighted by atomic mass is 127. The van der Waals surface area contributed by atoms with Crippen molar-refractivity contribution >= 4 is 35.9 Å². The number of hydrogen-bond acceptors (Lipinski definition) is 3. The first-order valence-corrected chi connectivity index (χ1v) is 7.00. The number of halogens is 1. The molecule has 0 aromatic heterocycles. The van der Waals surface area contributed by atoms with E-state index >= 15 is 0 Å². The lowest BCUT2D eigenvalue weighted by Gasteiger charge is -2.20. The molecular weight excluding hydrogens is 369 g/mol. The number of rotatable bonds is 8. The lowest BCUT2D eigenvalue weighted by Crippen LogP contribution is -2.45. The topological polar surface area (TPSA) is 76.7 Å². The van der Waals surface area contributed by atoms with Crippen molar-refractivity contribution in [2.24, 2.45) is 10.7 Å². The van der Waals surface area contributed by atoms with E-state index in [0.29, 0.717) is 12.4 Å². The fourth-order valence-electron chi connectivity index (χ4n) is 1.64. The van der Waals surface area contributed by atoms with Crippen LogP contribution in [0.15, 0.2) is 4.99 Å². The van der Waals surface area contributed by atoms with Gasteiger partial charge >= 0.3 is 5.97 Å². The maximum atomic E-state index is 10.9. The average molecular weight is 399 g/mol. The van der Waals surface area contributed by atoms with Crippen LogP contribution in [0.5, 0.6) is 0 Å². The second-order valence-corrected chi connectivity index (χ2v) is 5.74. The molecule has 0 radical (unpaired) electrons. The Balaban J connectivity index is 0. The van der Waals surface area contributed by atoms with E-state index in [0.717, 1.165) is 38.6 Å². The van der Waals surface area contributed by atoms with Crippen LogP contribution in [0.4, 0.5) is 0 Å². The minimum atomic E-state index is -0.120. The van der Waals surface area contributed by atoms with Crippen molar-refractivity contribution in [3.8, 4) is 0 Å². The van der Waals surface area contributed by atoms with Crippen LogP contribution in [-0.2, 0) is 9.53 Å². The Morgan fingerprint density at radius 3 is 2.25 bits per heavy atom. The van der Waals surface area contributed by atoms with Crippen molar-refractivity contribution in [1.82, 2.24) is 5.32 Å². The Kier molecular flexibility index (Phi) is 13.3. The fourth-order valence-corrected chi connectivity index (χ4v) is 1.64. The predicted molar refractivity (Wildman–Crippen MR) is 94.5 cm³/mol. The van der Waals surface area contributed by atoms with Gasteiger partial charge in [0.15, 0.2) is 5.96 Å². The van der Waals surface area contributed by atoms with Gasteiger partial charge in [-0.05, 0) is 33.6 Å². The number of nitrogens with one attached hydrogen (secondary N) is 1. The van der Waals surface area contributed by atoms with Crippen molar-refractivity contribution in [3.05, 3.63) is 0 Å². The fraction of sp³-hybridized carbons (Fsp3) is 0.857. The Bertz CT molecular complexity index is 289. The lowest BCUT2D eigenvalue weighted by molar-refractivity contribution is -0.140. The first-order chi connectivity index (χ1) is 8.85. The Morgan fingerprint density at radius 1 is 1.15 bits per heavy atom. The molecule has 0 atom stereocenters. The van der Waals surface area contributed by atoms with Gasteiger partial charge in [-0.1, -0.05) is 19.3 Å². The minimum absolute atomic E-state index is 0. The first-order valence-electron chi connectivity index (χ1n) is 7.00. The number of carbonyl (C=O) groups excluding carboxylic acids is 1. The van der Waals surface area contributed by atoms with E-state index in [1.165, 1.54) is 7.11 Å². The number of nitrogens with zero attached hydrogens (tertiary/aromatic N) is 1. The number of nitrogens with two attached hydrogens (primary N) is 1. The molecule has 0 saturated heterocycles. The van der Waals surface area contributed by atoms with E-state index in [1.807, 2.05) is 0 Å². The van der Waals surface area contributed by atoms with Gasteiger partial charge in [-0.15, -0.1) is 24.0 Å². The SMILES string of the molecule is COC(=O)CCCCCCCN=C(N)NC(C)(C)C.I. The number of ether oxygens (including phenoxy) is 1. The number of carbonyl (C=O) groups is 1. The molecule has 6 heteroatoms. The largest absolute Gasteiger partial charge is 0.469 e.